The number of benzene rings is 1. The van der Waals surface area contributed by atoms with E-state index in [0.29, 0.717) is 12.8 Å². The minimum absolute atomic E-state index is 0.0543. The first-order valence-corrected chi connectivity index (χ1v) is 18.7. The van der Waals surface area contributed by atoms with Gasteiger partial charge in [-0.2, -0.15) is 0 Å². The zero-order chi connectivity index (χ0) is 39.3. The number of carbonyl (C=O) groups is 4. The number of nitrogens with zero attached hydrogens (tertiary/aromatic N) is 2. The number of carboxylic acids is 2. The Hall–Kier alpha value is -4.23. The van der Waals surface area contributed by atoms with Crippen LogP contribution in [0, 0.1) is 10.8 Å². The molecule has 0 radical (unpaired) electrons. The van der Waals surface area contributed by atoms with Gasteiger partial charge in [0.2, 0.25) is 11.9 Å². The second-order valence-electron chi connectivity index (χ2n) is 13.6. The quantitative estimate of drug-likeness (QED) is 0.0782. The van der Waals surface area contributed by atoms with Crippen LogP contribution in [-0.4, -0.2) is 118 Å². The van der Waals surface area contributed by atoms with Crippen LogP contribution in [0.2, 0.25) is 0 Å². The molecule has 0 spiro atoms. The summed E-state index contributed by atoms with van der Waals surface area (Å²) in [5.74, 6) is -2.87. The maximum atomic E-state index is 13.0. The second kappa shape index (κ2) is 22.8. The largest absolute Gasteiger partial charge is 0.481 e. The number of ether oxygens (including phenoxy) is 4. The van der Waals surface area contributed by atoms with E-state index in [1.165, 1.54) is 18.5 Å². The summed E-state index contributed by atoms with van der Waals surface area (Å²) < 4.78 is 49.1. The topological polar surface area (TPSA) is 242 Å². The van der Waals surface area contributed by atoms with Gasteiger partial charge in [-0.15, -0.1) is 0 Å². The molecule has 17 nitrogen and oxygen atoms in total. The summed E-state index contributed by atoms with van der Waals surface area (Å²) in [4.78, 5) is 54.0. The van der Waals surface area contributed by atoms with E-state index in [0.717, 1.165) is 24.8 Å². The Kier molecular flexibility index (Phi) is 19.3. The molecule has 2 amide bonds. The van der Waals surface area contributed by atoms with Crippen LogP contribution >= 0.6 is 0 Å². The van der Waals surface area contributed by atoms with Crippen LogP contribution in [0.25, 0.3) is 0 Å². The molecule has 1 aromatic carbocycles. The van der Waals surface area contributed by atoms with Crippen molar-refractivity contribution in [1.29, 1.82) is 0 Å². The Labute approximate surface area is 310 Å². The summed E-state index contributed by atoms with van der Waals surface area (Å²) in [5, 5.41) is 23.2. The zero-order valence-corrected chi connectivity index (χ0v) is 31.7. The predicted octanol–water partition coefficient (Wildman–Crippen LogP) is 2.51. The molecule has 0 aliphatic rings. The highest BCUT2D eigenvalue weighted by atomic mass is 32.2. The van der Waals surface area contributed by atoms with Gasteiger partial charge in [-0.1, -0.05) is 32.4 Å². The van der Waals surface area contributed by atoms with Gasteiger partial charge in [0.1, 0.15) is 13.2 Å². The molecule has 0 unspecified atom stereocenters. The van der Waals surface area contributed by atoms with Gasteiger partial charge < -0.3 is 39.8 Å². The Morgan fingerprint density at radius 2 is 1.40 bits per heavy atom. The number of aromatic nitrogens is 2. The fourth-order valence-electron chi connectivity index (χ4n) is 5.25. The summed E-state index contributed by atoms with van der Waals surface area (Å²) in [7, 11) is -4.00. The highest BCUT2D eigenvalue weighted by Crippen LogP contribution is 2.37. The first kappa shape index (κ1) is 44.9. The number of carbonyl (C=O) groups excluding carboxylic acids is 2. The van der Waals surface area contributed by atoms with E-state index in [1.54, 1.807) is 26.0 Å². The molecule has 5 N–H and O–H groups in total. The molecule has 0 aliphatic carbocycles. The second-order valence-corrected chi connectivity index (χ2v) is 15.3. The van der Waals surface area contributed by atoms with Crippen molar-refractivity contribution in [3.8, 4) is 0 Å². The van der Waals surface area contributed by atoms with Gasteiger partial charge in [0.25, 0.3) is 15.9 Å². The number of aryl methyl sites for hydroxylation is 1. The normalized spacial score (nSPS) is 11.9. The van der Waals surface area contributed by atoms with Crippen LogP contribution in [0.5, 0.6) is 0 Å². The monoisotopic (exact) mass is 767 g/mol. The number of aliphatic carboxylic acids is 2. The van der Waals surface area contributed by atoms with Crippen LogP contribution in [0.15, 0.2) is 41.6 Å². The highest BCUT2D eigenvalue weighted by Gasteiger charge is 2.34. The maximum absolute atomic E-state index is 13.0. The standard InChI is InChI=1S/C35H53N5O12S/c1-34(2,25-35(3,4)32(45)46)11-6-5-8-26-9-7-10-28(20-26)53(47,48)40-33-38-21-27(22-39-33)31(44)37-13-15-50-16-18-51-23-29(41)36-12-14-49-17-19-52-24-30(42)43/h7,9-10,20-22H,5-6,8,11-19,23-25H2,1-4H3,(H,36,41)(H,37,44)(H,42,43)(H,45,46)(H,38,39,40). The molecular weight excluding hydrogens is 714 g/mol. The number of sulfonamides is 1. The fourth-order valence-corrected chi connectivity index (χ4v) is 6.28. The van der Waals surface area contributed by atoms with Gasteiger partial charge in [0.05, 0.1) is 55.5 Å². The van der Waals surface area contributed by atoms with Crippen LogP contribution in [0.3, 0.4) is 0 Å². The lowest BCUT2D eigenvalue weighted by molar-refractivity contribution is -0.148. The van der Waals surface area contributed by atoms with Gasteiger partial charge >= 0.3 is 11.9 Å². The fraction of sp³-hybridized carbons (Fsp3) is 0.600. The summed E-state index contributed by atoms with van der Waals surface area (Å²) in [6, 6.07) is 6.60. The molecule has 2 rings (SSSR count). The van der Waals surface area contributed by atoms with E-state index < -0.39 is 39.9 Å². The first-order chi connectivity index (χ1) is 25.0. The van der Waals surface area contributed by atoms with Gasteiger partial charge in [-0.3, -0.25) is 14.4 Å². The lowest BCUT2D eigenvalue weighted by Gasteiger charge is -2.32. The van der Waals surface area contributed by atoms with Crippen molar-refractivity contribution >= 4 is 39.7 Å². The van der Waals surface area contributed by atoms with Crippen molar-refractivity contribution in [2.24, 2.45) is 10.8 Å². The smallest absolute Gasteiger partial charge is 0.329 e. The van der Waals surface area contributed by atoms with Crippen molar-refractivity contribution in [2.75, 3.05) is 70.7 Å². The Balaban J connectivity index is 1.64. The minimum atomic E-state index is -4.00. The van der Waals surface area contributed by atoms with Gasteiger partial charge in [-0.25, -0.2) is 27.9 Å². The van der Waals surface area contributed by atoms with Crippen molar-refractivity contribution in [3.63, 3.8) is 0 Å². The highest BCUT2D eigenvalue weighted by molar-refractivity contribution is 7.92. The summed E-state index contributed by atoms with van der Waals surface area (Å²) in [5.41, 5.74) is 0.0185. The Morgan fingerprint density at radius 1 is 0.792 bits per heavy atom. The van der Waals surface area contributed by atoms with Crippen molar-refractivity contribution < 1.29 is 56.8 Å². The van der Waals surface area contributed by atoms with Crippen LogP contribution in [0.4, 0.5) is 5.95 Å². The molecular formula is C35H53N5O12S. The number of anilines is 1. The molecule has 2 aromatic rings. The molecule has 0 aliphatic heterocycles. The molecule has 0 saturated heterocycles. The number of hydrogen-bond donors (Lipinski definition) is 5. The summed E-state index contributed by atoms with van der Waals surface area (Å²) in [6.07, 6.45) is 6.16. The Morgan fingerprint density at radius 3 is 2.02 bits per heavy atom. The first-order valence-electron chi connectivity index (χ1n) is 17.3. The Bertz CT molecular complexity index is 1570. The van der Waals surface area contributed by atoms with Gasteiger partial charge in [-0.05, 0) is 62.6 Å². The number of unbranched alkanes of at least 4 members (excludes halogenated alkanes) is 1. The van der Waals surface area contributed by atoms with Crippen LogP contribution in [0.1, 0.15) is 69.3 Å². The molecule has 0 bridgehead atoms. The number of amides is 2. The zero-order valence-electron chi connectivity index (χ0n) is 30.9. The van der Waals surface area contributed by atoms with E-state index in [9.17, 15) is 32.7 Å². The van der Waals surface area contributed by atoms with E-state index in [2.05, 4.69) is 39.2 Å². The lowest BCUT2D eigenvalue weighted by Crippen LogP contribution is -2.31. The lowest BCUT2D eigenvalue weighted by atomic mass is 9.72. The van der Waals surface area contributed by atoms with Gasteiger partial charge in [0.15, 0.2) is 0 Å². The molecule has 0 atom stereocenters. The third-order valence-electron chi connectivity index (χ3n) is 7.72. The average molecular weight is 768 g/mol. The average Bonchev–Trinajstić information content (AvgIpc) is 3.08. The van der Waals surface area contributed by atoms with E-state index in [4.69, 9.17) is 24.1 Å². The molecule has 0 fully saturated rings. The molecule has 1 aromatic heterocycles. The summed E-state index contributed by atoms with van der Waals surface area (Å²) in [6.45, 7) is 8.59. The van der Waals surface area contributed by atoms with Crippen LogP contribution in [-0.2, 0) is 49.8 Å². The third-order valence-corrected chi connectivity index (χ3v) is 9.05. The van der Waals surface area contributed by atoms with E-state index in [1.807, 2.05) is 6.07 Å². The van der Waals surface area contributed by atoms with E-state index in [-0.39, 0.29) is 87.1 Å². The molecule has 53 heavy (non-hydrogen) atoms. The number of hydrogen-bond acceptors (Lipinski definition) is 12. The number of nitrogens with one attached hydrogen (secondary N) is 3. The van der Waals surface area contributed by atoms with Crippen molar-refractivity contribution in [2.45, 2.75) is 64.7 Å². The van der Waals surface area contributed by atoms with Gasteiger partial charge in [0, 0.05) is 25.5 Å². The van der Waals surface area contributed by atoms with Crippen molar-refractivity contribution in [1.82, 2.24) is 20.6 Å². The van der Waals surface area contributed by atoms with Crippen molar-refractivity contribution in [3.05, 3.63) is 47.8 Å². The molecule has 1 heterocycles. The molecule has 296 valence electrons. The van der Waals surface area contributed by atoms with Crippen LogP contribution < -0.4 is 15.4 Å². The molecule has 18 heteroatoms. The summed E-state index contributed by atoms with van der Waals surface area (Å²) >= 11 is 0. The minimum Gasteiger partial charge on any atom is -0.481 e. The van der Waals surface area contributed by atoms with E-state index >= 15 is 0 Å². The predicted molar refractivity (Wildman–Crippen MR) is 193 cm³/mol. The maximum Gasteiger partial charge on any atom is 0.329 e. The number of carboxylic acid groups (broad SMARTS) is 2. The number of rotatable bonds is 28. The molecule has 0 saturated carbocycles. The third kappa shape index (κ3) is 18.9. The SMILES string of the molecule is CC(C)(CCCCc1cccc(S(=O)(=O)Nc2ncc(C(=O)NCCOCCOCC(=O)NCCOCCOCC(=O)O)cn2)c1)CC(C)(C)C(=O)O.